The zero-order valence-electron chi connectivity index (χ0n) is 3.17. The van der Waals surface area contributed by atoms with Crippen LogP contribution >= 0.6 is 7.75 Å². The first kappa shape index (κ1) is 6.11. The Morgan fingerprint density at radius 2 is 1.83 bits per heavy atom. The first-order valence-electron chi connectivity index (χ1n) is 1.27. The Bertz CT molecular complexity index is 74.9. The van der Waals surface area contributed by atoms with Crippen LogP contribution < -0.4 is 14.9 Å². The van der Waals surface area contributed by atoms with Gasteiger partial charge in [-0.05, 0) is 14.8 Å². The second-order valence-corrected chi connectivity index (χ2v) is 2.16. The molecular weight excluding hydrogens is 105 g/mol. The quantitative estimate of drug-likeness (QED) is 0.396. The second kappa shape index (κ2) is 1.71. The average Bonchev–Trinajstić information content (AvgIpc) is 1.35. The smallest absolute Gasteiger partial charge is 0.00290 e. The van der Waals surface area contributed by atoms with Crippen molar-refractivity contribution in [2.75, 3.05) is 7.05 Å². The lowest BCUT2D eigenvalue weighted by Crippen LogP contribution is -2.24. The topological polar surface area (TPSA) is 75.2 Å². The van der Waals surface area contributed by atoms with Crippen molar-refractivity contribution in [1.29, 1.82) is 0 Å². The molecule has 0 atom stereocenters. The Hall–Kier alpha value is 0.110. The summed E-state index contributed by atoms with van der Waals surface area (Å²) in [6, 6.07) is 0. The Morgan fingerprint density at radius 3 is 1.83 bits per heavy atom. The maximum absolute atomic E-state index is 9.36. The number of rotatable bonds is 1. The van der Waals surface area contributed by atoms with Crippen LogP contribution in [0.15, 0.2) is 0 Å². The summed E-state index contributed by atoms with van der Waals surface area (Å²) in [6.07, 6.45) is 0. The van der Waals surface area contributed by atoms with E-state index >= 15 is 0 Å². The number of hydrogen-bond acceptors (Lipinski definition) is 3. The summed E-state index contributed by atoms with van der Waals surface area (Å²) in [6.45, 7) is 0. The normalized spacial score (nSPS) is 11.8. The van der Waals surface area contributed by atoms with Gasteiger partial charge in [0.25, 0.3) is 0 Å². The first-order valence-corrected chi connectivity index (χ1v) is 2.81. The molecule has 0 heterocycles. The van der Waals surface area contributed by atoms with Gasteiger partial charge in [0.1, 0.15) is 0 Å². The van der Waals surface area contributed by atoms with Crippen molar-refractivity contribution in [3.63, 3.8) is 0 Å². The SMILES string of the molecule is CNP(=O)([O-])[O-]. The van der Waals surface area contributed by atoms with Gasteiger partial charge in [-0.3, -0.25) is 5.09 Å². The lowest BCUT2D eigenvalue weighted by atomic mass is 11.6. The van der Waals surface area contributed by atoms with Crippen LogP contribution in [0.5, 0.6) is 0 Å². The molecule has 0 amide bonds. The molecule has 0 aromatic rings. The van der Waals surface area contributed by atoms with Gasteiger partial charge in [-0.2, -0.15) is 0 Å². The zero-order valence-corrected chi connectivity index (χ0v) is 4.07. The molecule has 0 bridgehead atoms. The third-order valence-electron chi connectivity index (χ3n) is 0.274. The van der Waals surface area contributed by atoms with Crippen LogP contribution in [-0.4, -0.2) is 7.05 Å². The van der Waals surface area contributed by atoms with Crippen molar-refractivity contribution in [2.45, 2.75) is 0 Å². The van der Waals surface area contributed by atoms with E-state index in [0.29, 0.717) is 0 Å². The lowest BCUT2D eigenvalue weighted by molar-refractivity contribution is -0.317. The molecule has 0 saturated heterocycles. The predicted octanol–water partition coefficient (Wildman–Crippen LogP) is -1.97. The van der Waals surface area contributed by atoms with Gasteiger partial charge in [0.2, 0.25) is 0 Å². The summed E-state index contributed by atoms with van der Waals surface area (Å²) in [4.78, 5) is 18.7. The van der Waals surface area contributed by atoms with E-state index in [0.717, 1.165) is 7.05 Å². The Morgan fingerprint density at radius 1 is 1.67 bits per heavy atom. The Kier molecular flexibility index (Phi) is 1.74. The summed E-state index contributed by atoms with van der Waals surface area (Å²) in [5.74, 6) is 0. The van der Waals surface area contributed by atoms with Crippen molar-refractivity contribution >= 4 is 7.75 Å². The molecule has 38 valence electrons. The molecule has 0 unspecified atom stereocenters. The second-order valence-electron chi connectivity index (χ2n) is 0.721. The average molecular weight is 109 g/mol. The maximum Gasteiger partial charge on any atom is -0.00290 e. The molecule has 0 aromatic carbocycles. The van der Waals surface area contributed by atoms with E-state index in [1.165, 1.54) is 0 Å². The first-order chi connectivity index (χ1) is 2.56. The summed E-state index contributed by atoms with van der Waals surface area (Å²) < 4.78 is 9.36. The van der Waals surface area contributed by atoms with E-state index in [1.807, 2.05) is 0 Å². The molecule has 0 aliphatic rings. The molecule has 0 aliphatic carbocycles. The van der Waals surface area contributed by atoms with E-state index in [2.05, 4.69) is 0 Å². The van der Waals surface area contributed by atoms with Gasteiger partial charge in [-0.15, -0.1) is 0 Å². The molecule has 6 heavy (non-hydrogen) atoms. The molecule has 0 radical (unpaired) electrons. The van der Waals surface area contributed by atoms with E-state index in [-0.39, 0.29) is 0 Å². The minimum atomic E-state index is -4.40. The van der Waals surface area contributed by atoms with Crippen molar-refractivity contribution in [2.24, 2.45) is 0 Å². The molecule has 4 nitrogen and oxygen atoms in total. The highest BCUT2D eigenvalue weighted by atomic mass is 31.2. The summed E-state index contributed by atoms with van der Waals surface area (Å²) >= 11 is 0. The molecule has 0 aromatic heterocycles. The molecule has 5 heteroatoms. The van der Waals surface area contributed by atoms with Crippen LogP contribution in [0.3, 0.4) is 0 Å². The number of nitrogens with one attached hydrogen (secondary N) is 1. The van der Waals surface area contributed by atoms with Crippen molar-refractivity contribution in [1.82, 2.24) is 5.09 Å². The molecule has 0 rings (SSSR count). The molecule has 0 saturated carbocycles. The van der Waals surface area contributed by atoms with Gasteiger partial charge in [-0.25, -0.2) is 0 Å². The van der Waals surface area contributed by atoms with E-state index < -0.39 is 7.75 Å². The van der Waals surface area contributed by atoms with Crippen molar-refractivity contribution in [3.05, 3.63) is 0 Å². The molecular formula is CH4NO3P-2. The Labute approximate surface area is 35.4 Å². The predicted molar refractivity (Wildman–Crippen MR) is 16.7 cm³/mol. The van der Waals surface area contributed by atoms with Crippen LogP contribution in [0.4, 0.5) is 0 Å². The monoisotopic (exact) mass is 109 g/mol. The van der Waals surface area contributed by atoms with Crippen molar-refractivity contribution in [3.8, 4) is 0 Å². The van der Waals surface area contributed by atoms with Gasteiger partial charge in [0.15, 0.2) is 0 Å². The van der Waals surface area contributed by atoms with Crippen LogP contribution in [0.2, 0.25) is 0 Å². The highest BCUT2D eigenvalue weighted by molar-refractivity contribution is 7.46. The fraction of sp³-hybridized carbons (Fsp3) is 1.00. The van der Waals surface area contributed by atoms with E-state index in [1.54, 1.807) is 5.09 Å². The van der Waals surface area contributed by atoms with Gasteiger partial charge in [-0.1, -0.05) is 0 Å². The van der Waals surface area contributed by atoms with Crippen LogP contribution in [0, 0.1) is 0 Å². The molecule has 1 N–H and O–H groups in total. The standard InChI is InChI=1S/CH6NO3P/c1-2-6(3,4)5/h1H3,(H3,2,3,4,5)/p-2. The maximum atomic E-state index is 9.36. The van der Waals surface area contributed by atoms with E-state index in [9.17, 15) is 14.4 Å². The van der Waals surface area contributed by atoms with E-state index in [4.69, 9.17) is 0 Å². The van der Waals surface area contributed by atoms with Crippen LogP contribution in [0.1, 0.15) is 0 Å². The van der Waals surface area contributed by atoms with Crippen LogP contribution in [-0.2, 0) is 4.57 Å². The summed E-state index contributed by atoms with van der Waals surface area (Å²) in [7, 11) is -3.33. The fourth-order valence-electron chi connectivity index (χ4n) is 0. The third kappa shape index (κ3) is 4.11. The largest absolute Gasteiger partial charge is 0.799 e. The van der Waals surface area contributed by atoms with Crippen LogP contribution in [0.25, 0.3) is 0 Å². The van der Waals surface area contributed by atoms with Gasteiger partial charge in [0, 0.05) is 0 Å². The van der Waals surface area contributed by atoms with Gasteiger partial charge < -0.3 is 14.4 Å². The molecule has 0 aliphatic heterocycles. The summed E-state index contributed by atoms with van der Waals surface area (Å²) in [5.41, 5.74) is 0. The zero-order chi connectivity index (χ0) is 5.21. The molecule has 0 fully saturated rings. The Balaban J connectivity index is 3.48. The highest BCUT2D eigenvalue weighted by Gasteiger charge is 1.73. The van der Waals surface area contributed by atoms with Crippen molar-refractivity contribution < 1.29 is 14.4 Å². The van der Waals surface area contributed by atoms with Gasteiger partial charge >= 0.3 is 0 Å². The minimum Gasteiger partial charge on any atom is -0.799 e. The highest BCUT2D eigenvalue weighted by Crippen LogP contribution is 2.11. The number of hydrogen-bond donors (Lipinski definition) is 1. The third-order valence-corrected chi connectivity index (χ3v) is 0.822. The minimum absolute atomic E-state index is 1.07. The lowest BCUT2D eigenvalue weighted by Gasteiger charge is -2.27. The fourth-order valence-corrected chi connectivity index (χ4v) is 0. The van der Waals surface area contributed by atoms with Gasteiger partial charge in [0.05, 0.1) is 0 Å². The summed E-state index contributed by atoms with van der Waals surface area (Å²) in [5, 5.41) is 1.55. The molecule has 0 spiro atoms.